The molecule has 4 heteroatoms. The third kappa shape index (κ3) is 5.33. The van der Waals surface area contributed by atoms with E-state index in [4.69, 9.17) is 4.98 Å². The van der Waals surface area contributed by atoms with Crippen LogP contribution in [0.25, 0.3) is 60.6 Å². The van der Waals surface area contributed by atoms with E-state index >= 15 is 0 Å². The molecule has 0 bridgehead atoms. The molecule has 0 aliphatic heterocycles. The van der Waals surface area contributed by atoms with Crippen molar-refractivity contribution in [2.45, 2.75) is 27.2 Å². The summed E-state index contributed by atoms with van der Waals surface area (Å²) in [5.41, 5.74) is 10.5. The molecular formula is C39H31IrN3-2. The van der Waals surface area contributed by atoms with Crippen LogP contribution in [0.2, 0.25) is 0 Å². The molecule has 8 aromatic rings. The molecule has 3 nitrogen and oxygen atoms in total. The summed E-state index contributed by atoms with van der Waals surface area (Å²) in [7, 11) is 0. The number of fused-ring (bicyclic) bond motifs is 6. The average Bonchev–Trinajstić information content (AvgIpc) is 3.55. The second kappa shape index (κ2) is 12.1. The molecule has 4 heterocycles. The van der Waals surface area contributed by atoms with Crippen LogP contribution in [0.4, 0.5) is 0 Å². The molecule has 4 aromatic carbocycles. The van der Waals surface area contributed by atoms with Crippen LogP contribution in [0.1, 0.15) is 25.0 Å². The van der Waals surface area contributed by atoms with E-state index in [2.05, 4.69) is 103 Å². The third-order valence-corrected chi connectivity index (χ3v) is 7.92. The van der Waals surface area contributed by atoms with Crippen LogP contribution in [0.15, 0.2) is 116 Å². The van der Waals surface area contributed by atoms with Crippen molar-refractivity contribution in [2.75, 3.05) is 0 Å². The maximum Gasteiger partial charge on any atom is 0.0516 e. The predicted octanol–water partition coefficient (Wildman–Crippen LogP) is 9.75. The van der Waals surface area contributed by atoms with Gasteiger partial charge in [-0.05, 0) is 59.2 Å². The van der Waals surface area contributed by atoms with E-state index in [-0.39, 0.29) is 20.1 Å². The summed E-state index contributed by atoms with van der Waals surface area (Å²) in [4.78, 5) is 8.96. The Bertz CT molecular complexity index is 2110. The van der Waals surface area contributed by atoms with Crippen LogP contribution in [0, 0.1) is 25.0 Å². The summed E-state index contributed by atoms with van der Waals surface area (Å²) in [5, 5.41) is 5.18. The van der Waals surface area contributed by atoms with Gasteiger partial charge in [-0.25, -0.2) is 0 Å². The summed E-state index contributed by atoms with van der Waals surface area (Å²) in [6.07, 6.45) is 4.87. The minimum Gasteiger partial charge on any atom is -0.350 e. The first-order chi connectivity index (χ1) is 20.6. The summed E-state index contributed by atoms with van der Waals surface area (Å²) in [6.45, 7) is 6.68. The third-order valence-electron chi connectivity index (χ3n) is 7.92. The molecule has 4 aromatic heterocycles. The second-order valence-corrected chi connectivity index (χ2v) is 11.3. The van der Waals surface area contributed by atoms with Gasteiger partial charge in [-0.2, -0.15) is 0 Å². The molecule has 0 aliphatic rings. The first kappa shape index (κ1) is 28.7. The van der Waals surface area contributed by atoms with Crippen LogP contribution in [-0.4, -0.2) is 14.4 Å². The zero-order valence-corrected chi connectivity index (χ0v) is 26.8. The molecule has 0 unspecified atom stereocenters. The molecule has 0 fully saturated rings. The molecule has 0 amide bonds. The van der Waals surface area contributed by atoms with Crippen LogP contribution in [0.3, 0.4) is 0 Å². The Morgan fingerprint density at radius 3 is 2.23 bits per heavy atom. The Labute approximate surface area is 265 Å². The van der Waals surface area contributed by atoms with Gasteiger partial charge in [0.15, 0.2) is 0 Å². The van der Waals surface area contributed by atoms with Crippen molar-refractivity contribution < 1.29 is 20.1 Å². The summed E-state index contributed by atoms with van der Waals surface area (Å²) < 4.78 is 2.39. The van der Waals surface area contributed by atoms with Gasteiger partial charge in [0, 0.05) is 48.8 Å². The van der Waals surface area contributed by atoms with Gasteiger partial charge in [0.05, 0.1) is 5.52 Å². The number of pyridine rings is 2. The van der Waals surface area contributed by atoms with Gasteiger partial charge in [0.2, 0.25) is 0 Å². The molecule has 43 heavy (non-hydrogen) atoms. The number of aromatic nitrogens is 3. The Kier molecular flexibility index (Phi) is 8.08. The molecule has 213 valence electrons. The van der Waals surface area contributed by atoms with Gasteiger partial charge in [-0.3, -0.25) is 0 Å². The van der Waals surface area contributed by atoms with E-state index in [0.29, 0.717) is 5.92 Å². The van der Waals surface area contributed by atoms with E-state index < -0.39 is 0 Å². The zero-order valence-electron chi connectivity index (χ0n) is 24.4. The topological polar surface area (TPSA) is 30.2 Å². The molecule has 0 N–H and O–H groups in total. The van der Waals surface area contributed by atoms with Crippen molar-refractivity contribution in [3.05, 3.63) is 139 Å². The number of aryl methyl sites for hydroxylation is 1. The van der Waals surface area contributed by atoms with E-state index in [1.165, 1.54) is 49.2 Å². The summed E-state index contributed by atoms with van der Waals surface area (Å²) in [5.74, 6) is 0.625. The molecule has 0 aliphatic carbocycles. The minimum atomic E-state index is 0. The number of nitrogens with zero attached hydrogens (tertiary/aromatic N) is 3. The number of hydrogen-bond donors (Lipinski definition) is 0. The van der Waals surface area contributed by atoms with Crippen molar-refractivity contribution in [2.24, 2.45) is 5.92 Å². The normalized spacial score (nSPS) is 11.3. The van der Waals surface area contributed by atoms with Crippen molar-refractivity contribution in [3.8, 4) is 22.5 Å². The van der Waals surface area contributed by atoms with Crippen molar-refractivity contribution >= 4 is 38.1 Å². The average molecular weight is 734 g/mol. The summed E-state index contributed by atoms with van der Waals surface area (Å²) >= 11 is 0. The fourth-order valence-electron chi connectivity index (χ4n) is 5.97. The molecule has 0 atom stereocenters. The number of benzene rings is 4. The van der Waals surface area contributed by atoms with E-state index in [9.17, 15) is 0 Å². The molecule has 0 saturated heterocycles. The van der Waals surface area contributed by atoms with Crippen molar-refractivity contribution in [3.63, 3.8) is 0 Å². The van der Waals surface area contributed by atoms with E-state index in [1.807, 2.05) is 48.7 Å². The quantitative estimate of drug-likeness (QED) is 0.169. The molecular weight excluding hydrogens is 703 g/mol. The minimum absolute atomic E-state index is 0. The van der Waals surface area contributed by atoms with Gasteiger partial charge < -0.3 is 14.4 Å². The van der Waals surface area contributed by atoms with Crippen molar-refractivity contribution in [1.82, 2.24) is 14.4 Å². The Hall–Kier alpha value is -4.37. The Morgan fingerprint density at radius 2 is 1.47 bits per heavy atom. The first-order valence-corrected chi connectivity index (χ1v) is 14.5. The Morgan fingerprint density at radius 1 is 0.698 bits per heavy atom. The van der Waals surface area contributed by atoms with Crippen LogP contribution < -0.4 is 0 Å². The van der Waals surface area contributed by atoms with Crippen molar-refractivity contribution in [1.29, 1.82) is 0 Å². The van der Waals surface area contributed by atoms with Crippen LogP contribution >= 0.6 is 0 Å². The molecule has 0 saturated carbocycles. The largest absolute Gasteiger partial charge is 0.350 e. The van der Waals surface area contributed by atoms with Gasteiger partial charge in [-0.1, -0.05) is 79.4 Å². The Balaban J connectivity index is 0.000000213. The number of para-hydroxylation sites is 2. The standard InChI is InChI=1S/C28H23N2.C11H8N.Ir/c1-17(2)13-20-15-25(29-16-18(20)3)19-11-12-27-24(14-19)23-9-6-8-22-21-7-4-5-10-26(21)30(27)28(22)23;1-2-6-10(7-3-1)11-8-4-5-9-12-11;/h4-10,12,14-17H,13H2,1-3H3;1-6,8-9H;/q2*-1;. The van der Waals surface area contributed by atoms with Gasteiger partial charge >= 0.3 is 0 Å². The monoisotopic (exact) mass is 734 g/mol. The van der Waals surface area contributed by atoms with Crippen LogP contribution in [-0.2, 0) is 26.5 Å². The summed E-state index contributed by atoms with van der Waals surface area (Å²) in [6, 6.07) is 42.3. The second-order valence-electron chi connectivity index (χ2n) is 11.3. The van der Waals surface area contributed by atoms with Gasteiger partial charge in [0.25, 0.3) is 0 Å². The molecule has 8 rings (SSSR count). The fraction of sp³-hybridized carbons (Fsp3) is 0.128. The van der Waals surface area contributed by atoms with Crippen LogP contribution in [0.5, 0.6) is 0 Å². The fourth-order valence-corrected chi connectivity index (χ4v) is 5.97. The van der Waals surface area contributed by atoms with Gasteiger partial charge in [-0.15, -0.1) is 59.7 Å². The smallest absolute Gasteiger partial charge is 0.0516 e. The predicted molar refractivity (Wildman–Crippen MR) is 175 cm³/mol. The molecule has 1 radical (unpaired) electrons. The number of hydrogen-bond acceptors (Lipinski definition) is 2. The molecule has 0 spiro atoms. The maximum absolute atomic E-state index is 4.74. The SMILES string of the molecule is Cc1cnc(-c2[c-]cc3c(c2)c2cccc4c5ccccc5n3c24)cc1CC(C)C.[Ir].[c-]1ccccc1-c1ccccn1. The van der Waals surface area contributed by atoms with Gasteiger partial charge in [0.1, 0.15) is 0 Å². The maximum atomic E-state index is 4.74. The van der Waals surface area contributed by atoms with E-state index in [0.717, 1.165) is 28.9 Å². The van der Waals surface area contributed by atoms with E-state index in [1.54, 1.807) is 6.20 Å². The first-order valence-electron chi connectivity index (χ1n) is 14.5. The zero-order chi connectivity index (χ0) is 28.6. The number of rotatable bonds is 4.